The Morgan fingerprint density at radius 2 is 2.20 bits per heavy atom. The van der Waals surface area contributed by atoms with Crippen molar-refractivity contribution < 1.29 is 13.7 Å². The fourth-order valence-electron chi connectivity index (χ4n) is 2.05. The first kappa shape index (κ1) is 12.7. The average molecular weight is 232 g/mol. The van der Waals surface area contributed by atoms with Crippen LogP contribution in [0.1, 0.15) is 39.5 Å². The van der Waals surface area contributed by atoms with Crippen molar-refractivity contribution >= 4 is 16.8 Å². The second-order valence-corrected chi connectivity index (χ2v) is 5.94. The van der Waals surface area contributed by atoms with Crippen LogP contribution in [-0.4, -0.2) is 27.8 Å². The third kappa shape index (κ3) is 4.33. The number of esters is 1. The maximum absolute atomic E-state index is 11.8. The molecule has 3 unspecified atom stereocenters. The molecule has 0 heterocycles. The van der Waals surface area contributed by atoms with Crippen molar-refractivity contribution in [3.8, 4) is 0 Å². The van der Waals surface area contributed by atoms with Gasteiger partial charge in [0.1, 0.15) is 5.75 Å². The predicted molar refractivity (Wildman–Crippen MR) is 61.1 cm³/mol. The molecule has 1 rings (SSSR count). The van der Waals surface area contributed by atoms with Gasteiger partial charge in [0.05, 0.1) is 6.61 Å². The highest BCUT2D eigenvalue weighted by atomic mass is 32.2. The van der Waals surface area contributed by atoms with Crippen LogP contribution < -0.4 is 0 Å². The summed E-state index contributed by atoms with van der Waals surface area (Å²) in [6.45, 7) is 4.33. The van der Waals surface area contributed by atoms with Crippen LogP contribution in [0.5, 0.6) is 0 Å². The third-order valence-electron chi connectivity index (χ3n) is 2.83. The molecule has 0 amide bonds. The maximum atomic E-state index is 11.8. The molecular weight excluding hydrogens is 212 g/mol. The van der Waals surface area contributed by atoms with Gasteiger partial charge in [-0.3, -0.25) is 9.00 Å². The Morgan fingerprint density at radius 3 is 2.80 bits per heavy atom. The molecule has 15 heavy (non-hydrogen) atoms. The molecule has 3 atom stereocenters. The molecule has 0 spiro atoms. The van der Waals surface area contributed by atoms with Crippen LogP contribution in [0.15, 0.2) is 0 Å². The van der Waals surface area contributed by atoms with E-state index in [4.69, 9.17) is 4.74 Å². The van der Waals surface area contributed by atoms with Crippen molar-refractivity contribution in [1.29, 1.82) is 0 Å². The van der Waals surface area contributed by atoms with E-state index in [0.717, 1.165) is 19.3 Å². The highest BCUT2D eigenvalue weighted by Crippen LogP contribution is 2.27. The Balaban J connectivity index is 2.35. The van der Waals surface area contributed by atoms with E-state index in [2.05, 4.69) is 6.92 Å². The molecule has 3 nitrogen and oxygen atoms in total. The van der Waals surface area contributed by atoms with E-state index in [1.165, 1.54) is 6.42 Å². The molecule has 0 aromatic rings. The van der Waals surface area contributed by atoms with Gasteiger partial charge in [-0.15, -0.1) is 0 Å². The fraction of sp³-hybridized carbons (Fsp3) is 0.909. The summed E-state index contributed by atoms with van der Waals surface area (Å²) in [5.41, 5.74) is 0. The van der Waals surface area contributed by atoms with Gasteiger partial charge in [-0.1, -0.05) is 19.8 Å². The SMILES string of the molecule is CCOC(=O)CS(=O)C1CCCC(C)C1. The van der Waals surface area contributed by atoms with Gasteiger partial charge < -0.3 is 4.74 Å². The maximum Gasteiger partial charge on any atom is 0.318 e. The Hall–Kier alpha value is -0.380. The van der Waals surface area contributed by atoms with Gasteiger partial charge in [-0.25, -0.2) is 0 Å². The molecule has 0 aliphatic heterocycles. The van der Waals surface area contributed by atoms with Crippen molar-refractivity contribution in [3.05, 3.63) is 0 Å². The van der Waals surface area contributed by atoms with Gasteiger partial charge in [0.15, 0.2) is 0 Å². The third-order valence-corrected chi connectivity index (χ3v) is 4.52. The molecule has 0 bridgehead atoms. The number of hydrogen-bond donors (Lipinski definition) is 0. The second-order valence-electron chi connectivity index (χ2n) is 4.22. The molecule has 1 fully saturated rings. The molecule has 1 aliphatic rings. The Bertz CT molecular complexity index is 240. The van der Waals surface area contributed by atoms with Crippen molar-refractivity contribution in [1.82, 2.24) is 0 Å². The van der Waals surface area contributed by atoms with Gasteiger partial charge in [-0.05, 0) is 25.7 Å². The van der Waals surface area contributed by atoms with E-state index in [9.17, 15) is 9.00 Å². The van der Waals surface area contributed by atoms with E-state index in [1.54, 1.807) is 6.92 Å². The number of ether oxygens (including phenoxy) is 1. The minimum Gasteiger partial charge on any atom is -0.465 e. The zero-order valence-electron chi connectivity index (χ0n) is 9.53. The van der Waals surface area contributed by atoms with Crippen molar-refractivity contribution in [2.75, 3.05) is 12.4 Å². The summed E-state index contributed by atoms with van der Waals surface area (Å²) in [7, 11) is -1.03. The molecule has 1 aliphatic carbocycles. The van der Waals surface area contributed by atoms with Gasteiger partial charge in [0, 0.05) is 16.0 Å². The lowest BCUT2D eigenvalue weighted by Gasteiger charge is -2.25. The highest BCUT2D eigenvalue weighted by molar-refractivity contribution is 7.86. The first-order valence-electron chi connectivity index (χ1n) is 5.66. The van der Waals surface area contributed by atoms with Crippen LogP contribution >= 0.6 is 0 Å². The number of hydrogen-bond acceptors (Lipinski definition) is 3. The lowest BCUT2D eigenvalue weighted by atomic mass is 9.91. The van der Waals surface area contributed by atoms with Crippen LogP contribution in [0, 0.1) is 5.92 Å². The van der Waals surface area contributed by atoms with Crippen LogP contribution in [0.4, 0.5) is 0 Å². The Morgan fingerprint density at radius 1 is 1.47 bits per heavy atom. The Kier molecular flexibility index (Phi) is 5.29. The predicted octanol–water partition coefficient (Wildman–Crippen LogP) is 1.88. The number of carbonyl (C=O) groups excluding carboxylic acids is 1. The molecule has 0 aromatic carbocycles. The quantitative estimate of drug-likeness (QED) is 0.695. The zero-order valence-corrected chi connectivity index (χ0v) is 10.3. The molecule has 0 radical (unpaired) electrons. The zero-order chi connectivity index (χ0) is 11.3. The molecule has 4 heteroatoms. The van der Waals surface area contributed by atoms with Crippen LogP contribution in [0.3, 0.4) is 0 Å². The van der Waals surface area contributed by atoms with E-state index in [1.807, 2.05) is 0 Å². The van der Waals surface area contributed by atoms with Gasteiger partial charge in [-0.2, -0.15) is 0 Å². The van der Waals surface area contributed by atoms with E-state index in [0.29, 0.717) is 12.5 Å². The normalized spacial score (nSPS) is 28.4. The monoisotopic (exact) mass is 232 g/mol. The van der Waals surface area contributed by atoms with Gasteiger partial charge in [0.25, 0.3) is 0 Å². The van der Waals surface area contributed by atoms with Crippen molar-refractivity contribution in [3.63, 3.8) is 0 Å². The topological polar surface area (TPSA) is 43.4 Å². The lowest BCUT2D eigenvalue weighted by Crippen LogP contribution is -2.28. The van der Waals surface area contributed by atoms with Crippen LogP contribution in [-0.2, 0) is 20.3 Å². The summed E-state index contributed by atoms with van der Waals surface area (Å²) in [5, 5.41) is 0.207. The first-order chi connectivity index (χ1) is 7.13. The van der Waals surface area contributed by atoms with Gasteiger partial charge >= 0.3 is 5.97 Å². The molecule has 88 valence electrons. The van der Waals surface area contributed by atoms with E-state index in [-0.39, 0.29) is 17.0 Å². The highest BCUT2D eigenvalue weighted by Gasteiger charge is 2.25. The first-order valence-corrected chi connectivity index (χ1v) is 7.04. The summed E-state index contributed by atoms with van der Waals surface area (Å²) < 4.78 is 16.6. The standard InChI is InChI=1S/C11H20O3S/c1-3-14-11(12)8-15(13)10-6-4-5-9(2)7-10/h9-10H,3-8H2,1-2H3. The molecule has 0 saturated heterocycles. The Labute approximate surface area is 94.0 Å². The van der Waals surface area contributed by atoms with E-state index < -0.39 is 10.8 Å². The molecule has 0 aromatic heterocycles. The summed E-state index contributed by atoms with van der Waals surface area (Å²) >= 11 is 0. The summed E-state index contributed by atoms with van der Waals surface area (Å²) in [6.07, 6.45) is 4.36. The summed E-state index contributed by atoms with van der Waals surface area (Å²) in [5.74, 6) is 0.398. The summed E-state index contributed by atoms with van der Waals surface area (Å²) in [4.78, 5) is 11.2. The van der Waals surface area contributed by atoms with Crippen LogP contribution in [0.2, 0.25) is 0 Å². The fourth-order valence-corrected chi connectivity index (χ4v) is 3.58. The smallest absolute Gasteiger partial charge is 0.318 e. The largest absolute Gasteiger partial charge is 0.465 e. The molecular formula is C11H20O3S. The van der Waals surface area contributed by atoms with Crippen LogP contribution in [0.25, 0.3) is 0 Å². The minimum atomic E-state index is -1.03. The van der Waals surface area contributed by atoms with Gasteiger partial charge in [0.2, 0.25) is 0 Å². The average Bonchev–Trinajstić information content (AvgIpc) is 2.18. The molecule has 0 N–H and O–H groups in total. The summed E-state index contributed by atoms with van der Waals surface area (Å²) in [6, 6.07) is 0. The minimum absolute atomic E-state index is 0.0746. The van der Waals surface area contributed by atoms with E-state index >= 15 is 0 Å². The van der Waals surface area contributed by atoms with Crippen molar-refractivity contribution in [2.45, 2.75) is 44.8 Å². The van der Waals surface area contributed by atoms with Crippen molar-refractivity contribution in [2.24, 2.45) is 5.92 Å². The number of rotatable bonds is 4. The second kappa shape index (κ2) is 6.26. The molecule has 1 saturated carbocycles. The number of carbonyl (C=O) groups is 1. The lowest BCUT2D eigenvalue weighted by molar-refractivity contribution is -0.139.